The van der Waals surface area contributed by atoms with Crippen LogP contribution in [0.1, 0.15) is 53.9 Å². The minimum absolute atomic E-state index is 0.199. The summed E-state index contributed by atoms with van der Waals surface area (Å²) in [4.78, 5) is 26.2. The van der Waals surface area contributed by atoms with Crippen LogP contribution >= 0.6 is 15.9 Å². The predicted molar refractivity (Wildman–Crippen MR) is 117 cm³/mol. The molecule has 0 spiro atoms. The maximum absolute atomic E-state index is 13.2. The molecule has 0 radical (unpaired) electrons. The number of amides is 1. The number of hydrogen-bond acceptors (Lipinski definition) is 2. The SMILES string of the molecule is CCc1cc(Br)cc(CC)c1NC(=O)c1cn2c3c(cccc3c1=O)CC2C. The highest BCUT2D eigenvalue weighted by molar-refractivity contribution is 9.10. The summed E-state index contributed by atoms with van der Waals surface area (Å²) in [6, 6.07) is 10.1. The normalized spacial score (nSPS) is 15.2. The summed E-state index contributed by atoms with van der Waals surface area (Å²) in [5, 5.41) is 3.66. The Morgan fingerprint density at radius 1 is 1.21 bits per heavy atom. The number of benzene rings is 2. The molecule has 5 heteroatoms. The number of anilines is 1. The molecule has 1 aliphatic heterocycles. The Balaban J connectivity index is 1.83. The Morgan fingerprint density at radius 3 is 2.54 bits per heavy atom. The van der Waals surface area contributed by atoms with Crippen LogP contribution in [0, 0.1) is 0 Å². The van der Waals surface area contributed by atoms with Crippen molar-refractivity contribution in [2.45, 2.75) is 46.1 Å². The van der Waals surface area contributed by atoms with Crippen LogP contribution in [0.25, 0.3) is 10.9 Å². The second-order valence-electron chi connectivity index (χ2n) is 7.41. The Hall–Kier alpha value is -2.40. The van der Waals surface area contributed by atoms with Crippen molar-refractivity contribution in [3.63, 3.8) is 0 Å². The Labute approximate surface area is 172 Å². The van der Waals surface area contributed by atoms with E-state index in [0.29, 0.717) is 5.39 Å². The van der Waals surface area contributed by atoms with E-state index >= 15 is 0 Å². The molecule has 4 rings (SSSR count). The molecule has 0 saturated heterocycles. The zero-order chi connectivity index (χ0) is 20.0. The van der Waals surface area contributed by atoms with Crippen LogP contribution in [0.5, 0.6) is 0 Å². The van der Waals surface area contributed by atoms with E-state index in [1.54, 1.807) is 6.20 Å². The molecular weight excluding hydrogens is 416 g/mol. The fraction of sp³-hybridized carbons (Fsp3) is 0.304. The predicted octanol–water partition coefficient (Wildman–Crippen LogP) is 5.26. The lowest BCUT2D eigenvalue weighted by molar-refractivity contribution is 0.102. The van der Waals surface area contributed by atoms with Crippen molar-refractivity contribution in [2.75, 3.05) is 5.32 Å². The summed E-state index contributed by atoms with van der Waals surface area (Å²) in [5.74, 6) is -0.341. The minimum atomic E-state index is -0.341. The summed E-state index contributed by atoms with van der Waals surface area (Å²) in [6.45, 7) is 6.24. The molecule has 0 bridgehead atoms. The van der Waals surface area contributed by atoms with E-state index in [4.69, 9.17) is 0 Å². The van der Waals surface area contributed by atoms with E-state index in [1.807, 2.05) is 24.3 Å². The van der Waals surface area contributed by atoms with E-state index in [9.17, 15) is 9.59 Å². The molecule has 4 nitrogen and oxygen atoms in total. The van der Waals surface area contributed by atoms with E-state index in [0.717, 1.165) is 46.1 Å². The molecule has 144 valence electrons. The second kappa shape index (κ2) is 7.21. The number of aryl methyl sites for hydroxylation is 2. The average Bonchev–Trinajstić information content (AvgIpc) is 3.01. The summed E-state index contributed by atoms with van der Waals surface area (Å²) in [6.07, 6.45) is 4.21. The van der Waals surface area contributed by atoms with Crippen molar-refractivity contribution >= 4 is 38.4 Å². The van der Waals surface area contributed by atoms with E-state index in [-0.39, 0.29) is 22.9 Å². The molecule has 2 aromatic carbocycles. The molecule has 28 heavy (non-hydrogen) atoms. The highest BCUT2D eigenvalue weighted by Crippen LogP contribution is 2.32. The molecule has 1 atom stereocenters. The quantitative estimate of drug-likeness (QED) is 0.603. The van der Waals surface area contributed by atoms with Gasteiger partial charge in [0.05, 0.1) is 5.52 Å². The first-order valence-electron chi connectivity index (χ1n) is 9.74. The smallest absolute Gasteiger partial charge is 0.261 e. The lowest BCUT2D eigenvalue weighted by Gasteiger charge is -2.17. The number of para-hydroxylation sites is 1. The zero-order valence-corrected chi connectivity index (χ0v) is 17.9. The number of carbonyl (C=O) groups is 1. The van der Waals surface area contributed by atoms with Gasteiger partial charge in [0.15, 0.2) is 0 Å². The van der Waals surface area contributed by atoms with E-state index < -0.39 is 0 Å². The Bertz CT molecular complexity index is 1140. The van der Waals surface area contributed by atoms with Crippen LogP contribution in [0.3, 0.4) is 0 Å². The van der Waals surface area contributed by atoms with Gasteiger partial charge in [0.1, 0.15) is 5.56 Å². The van der Waals surface area contributed by atoms with Crippen LogP contribution in [-0.2, 0) is 19.3 Å². The molecule has 1 unspecified atom stereocenters. The van der Waals surface area contributed by atoms with E-state index in [2.05, 4.69) is 52.7 Å². The largest absolute Gasteiger partial charge is 0.343 e. The van der Waals surface area contributed by atoms with Crippen molar-refractivity contribution < 1.29 is 4.79 Å². The van der Waals surface area contributed by atoms with Gasteiger partial charge in [0.25, 0.3) is 5.91 Å². The van der Waals surface area contributed by atoms with Gasteiger partial charge in [-0.05, 0) is 61.1 Å². The third-order valence-electron chi connectivity index (χ3n) is 5.64. The van der Waals surface area contributed by atoms with Gasteiger partial charge in [0, 0.05) is 27.8 Å². The number of halogens is 1. The number of nitrogens with zero attached hydrogens (tertiary/aromatic N) is 1. The van der Waals surface area contributed by atoms with Crippen LogP contribution in [-0.4, -0.2) is 10.5 Å². The van der Waals surface area contributed by atoms with Crippen molar-refractivity contribution in [2.24, 2.45) is 0 Å². The number of rotatable bonds is 4. The lowest BCUT2D eigenvalue weighted by atomic mass is 10.0. The number of aromatic nitrogens is 1. The van der Waals surface area contributed by atoms with Crippen molar-refractivity contribution in [3.05, 3.63) is 73.5 Å². The molecule has 2 heterocycles. The summed E-state index contributed by atoms with van der Waals surface area (Å²) >= 11 is 3.54. The summed E-state index contributed by atoms with van der Waals surface area (Å²) < 4.78 is 3.07. The molecule has 1 aromatic heterocycles. The van der Waals surface area contributed by atoms with Crippen molar-refractivity contribution in [1.29, 1.82) is 0 Å². The maximum atomic E-state index is 13.2. The van der Waals surface area contributed by atoms with Crippen molar-refractivity contribution in [1.82, 2.24) is 4.57 Å². The van der Waals surface area contributed by atoms with Crippen LogP contribution in [0.15, 0.2) is 45.8 Å². The molecule has 0 aliphatic carbocycles. The van der Waals surface area contributed by atoms with Gasteiger partial charge in [-0.1, -0.05) is 41.9 Å². The van der Waals surface area contributed by atoms with Crippen LogP contribution < -0.4 is 10.7 Å². The maximum Gasteiger partial charge on any atom is 0.261 e. The van der Waals surface area contributed by atoms with Gasteiger partial charge in [-0.3, -0.25) is 9.59 Å². The molecule has 1 amide bonds. The van der Waals surface area contributed by atoms with Gasteiger partial charge in [-0.25, -0.2) is 0 Å². The molecular formula is C23H23BrN2O2. The number of hydrogen-bond donors (Lipinski definition) is 1. The molecule has 0 saturated carbocycles. The highest BCUT2D eigenvalue weighted by atomic mass is 79.9. The van der Waals surface area contributed by atoms with Crippen LogP contribution in [0.2, 0.25) is 0 Å². The van der Waals surface area contributed by atoms with Gasteiger partial charge >= 0.3 is 0 Å². The Kier molecular flexibility index (Phi) is 4.88. The summed E-state index contributed by atoms with van der Waals surface area (Å²) in [5.41, 5.74) is 5.06. The topological polar surface area (TPSA) is 51.1 Å². The van der Waals surface area contributed by atoms with E-state index in [1.165, 1.54) is 5.56 Å². The standard InChI is InChI=1S/C23H23BrN2O2/c1-4-14-10-17(24)11-15(5-2)20(14)25-23(28)19-12-26-13(3)9-16-7-6-8-18(21(16)26)22(19)27/h6-8,10-13H,4-5,9H2,1-3H3,(H,25,28). The third kappa shape index (κ3) is 2.98. The Morgan fingerprint density at radius 2 is 1.89 bits per heavy atom. The lowest BCUT2D eigenvalue weighted by Crippen LogP contribution is -2.24. The van der Waals surface area contributed by atoms with Crippen LogP contribution in [0.4, 0.5) is 5.69 Å². The number of nitrogens with one attached hydrogen (secondary N) is 1. The highest BCUT2D eigenvalue weighted by Gasteiger charge is 2.25. The first-order valence-corrected chi connectivity index (χ1v) is 10.5. The molecule has 1 N–H and O–H groups in total. The first kappa shape index (κ1) is 18.9. The van der Waals surface area contributed by atoms with Gasteiger partial charge < -0.3 is 9.88 Å². The van der Waals surface area contributed by atoms with Gasteiger partial charge in [-0.2, -0.15) is 0 Å². The summed E-state index contributed by atoms with van der Waals surface area (Å²) in [7, 11) is 0. The first-order chi connectivity index (χ1) is 13.4. The molecule has 1 aliphatic rings. The number of carbonyl (C=O) groups excluding carboxylic acids is 1. The third-order valence-corrected chi connectivity index (χ3v) is 6.09. The van der Waals surface area contributed by atoms with Crippen molar-refractivity contribution in [3.8, 4) is 0 Å². The number of pyridine rings is 1. The monoisotopic (exact) mass is 438 g/mol. The molecule has 0 fully saturated rings. The fourth-order valence-electron chi connectivity index (χ4n) is 4.20. The zero-order valence-electron chi connectivity index (χ0n) is 16.3. The fourth-order valence-corrected chi connectivity index (χ4v) is 4.75. The average molecular weight is 439 g/mol. The van der Waals surface area contributed by atoms with Gasteiger partial charge in [-0.15, -0.1) is 0 Å². The second-order valence-corrected chi connectivity index (χ2v) is 8.32. The molecule has 3 aromatic rings. The van der Waals surface area contributed by atoms with Gasteiger partial charge in [0.2, 0.25) is 5.43 Å². The minimum Gasteiger partial charge on any atom is -0.343 e.